The van der Waals surface area contributed by atoms with Crippen LogP contribution in [0.3, 0.4) is 0 Å². The quantitative estimate of drug-likeness (QED) is 0.376. The molecular weight excluding hydrogens is 324 g/mol. The van der Waals surface area contributed by atoms with Crippen LogP contribution in [0.1, 0.15) is 20.8 Å². The standard InChI is InChI=1S/C15H22O9/c1-5-6-20-15-12(19)14(23-10(4)18)13(22-9(3)17)11(24-15)7-21-8(2)16/h5,11-15,19H,1,6-7H2,2-4H3/t11-,12-,13-,14-,15+/m1/s1. The van der Waals surface area contributed by atoms with Gasteiger partial charge in [0.05, 0.1) is 6.61 Å². The van der Waals surface area contributed by atoms with E-state index in [9.17, 15) is 19.5 Å². The van der Waals surface area contributed by atoms with Gasteiger partial charge in [-0.1, -0.05) is 6.08 Å². The zero-order valence-corrected chi connectivity index (χ0v) is 13.8. The molecule has 24 heavy (non-hydrogen) atoms. The highest BCUT2D eigenvalue weighted by atomic mass is 16.7. The number of aliphatic hydroxyl groups excluding tert-OH is 1. The maximum atomic E-state index is 11.3. The number of carbonyl (C=O) groups excluding carboxylic acids is 3. The highest BCUT2D eigenvalue weighted by molar-refractivity contribution is 5.67. The molecule has 1 fully saturated rings. The van der Waals surface area contributed by atoms with E-state index in [1.165, 1.54) is 13.0 Å². The normalized spacial score (nSPS) is 29.4. The SMILES string of the molecule is C=CCO[C@H]1O[C@H](COC(C)=O)[C@@H](OC(C)=O)[C@H](OC(C)=O)[C@H]1O. The molecule has 1 aliphatic heterocycles. The first-order valence-electron chi connectivity index (χ1n) is 7.30. The summed E-state index contributed by atoms with van der Waals surface area (Å²) in [7, 11) is 0. The Balaban J connectivity index is 3.03. The van der Waals surface area contributed by atoms with Gasteiger partial charge in [0.2, 0.25) is 0 Å². The van der Waals surface area contributed by atoms with Crippen molar-refractivity contribution in [2.75, 3.05) is 13.2 Å². The van der Waals surface area contributed by atoms with E-state index in [0.29, 0.717) is 0 Å². The maximum Gasteiger partial charge on any atom is 0.303 e. The third-order valence-electron chi connectivity index (χ3n) is 3.05. The number of aliphatic hydroxyl groups is 1. The Labute approximate surface area is 139 Å². The molecule has 0 amide bonds. The molecule has 0 aromatic rings. The van der Waals surface area contributed by atoms with Crippen molar-refractivity contribution in [1.29, 1.82) is 0 Å². The van der Waals surface area contributed by atoms with E-state index in [0.717, 1.165) is 13.8 Å². The molecular formula is C15H22O9. The molecule has 9 nitrogen and oxygen atoms in total. The molecule has 0 bridgehead atoms. The van der Waals surface area contributed by atoms with Gasteiger partial charge in [-0.2, -0.15) is 0 Å². The number of carbonyl (C=O) groups is 3. The summed E-state index contributed by atoms with van der Waals surface area (Å²) in [5.41, 5.74) is 0. The van der Waals surface area contributed by atoms with E-state index < -0.39 is 48.6 Å². The lowest BCUT2D eigenvalue weighted by molar-refractivity contribution is -0.303. The lowest BCUT2D eigenvalue weighted by Gasteiger charge is -2.42. The summed E-state index contributed by atoms with van der Waals surface area (Å²) in [6, 6.07) is 0. The average Bonchev–Trinajstić information content (AvgIpc) is 2.48. The Morgan fingerprint density at radius 3 is 2.17 bits per heavy atom. The van der Waals surface area contributed by atoms with Gasteiger partial charge in [-0.05, 0) is 0 Å². The van der Waals surface area contributed by atoms with Crippen molar-refractivity contribution in [1.82, 2.24) is 0 Å². The number of hydrogen-bond acceptors (Lipinski definition) is 9. The summed E-state index contributed by atoms with van der Waals surface area (Å²) < 4.78 is 25.9. The van der Waals surface area contributed by atoms with Gasteiger partial charge in [-0.3, -0.25) is 14.4 Å². The van der Waals surface area contributed by atoms with E-state index in [-0.39, 0.29) is 13.2 Å². The Morgan fingerprint density at radius 1 is 1.08 bits per heavy atom. The van der Waals surface area contributed by atoms with Crippen molar-refractivity contribution in [3.05, 3.63) is 12.7 Å². The first-order valence-corrected chi connectivity index (χ1v) is 7.30. The topological polar surface area (TPSA) is 118 Å². The minimum absolute atomic E-state index is 0.0625. The Bertz CT molecular complexity index is 476. The van der Waals surface area contributed by atoms with Crippen molar-refractivity contribution in [3.8, 4) is 0 Å². The molecule has 1 heterocycles. The molecule has 0 saturated carbocycles. The van der Waals surface area contributed by atoms with Crippen LogP contribution in [0.2, 0.25) is 0 Å². The van der Waals surface area contributed by atoms with Crippen LogP contribution in [0.5, 0.6) is 0 Å². The zero-order valence-electron chi connectivity index (χ0n) is 13.8. The van der Waals surface area contributed by atoms with Crippen molar-refractivity contribution in [2.45, 2.75) is 51.5 Å². The maximum absolute atomic E-state index is 11.3. The van der Waals surface area contributed by atoms with Crippen molar-refractivity contribution < 1.29 is 43.2 Å². The molecule has 0 radical (unpaired) electrons. The van der Waals surface area contributed by atoms with Gasteiger partial charge >= 0.3 is 17.9 Å². The molecule has 1 aliphatic rings. The zero-order chi connectivity index (χ0) is 18.3. The van der Waals surface area contributed by atoms with Crippen LogP contribution >= 0.6 is 0 Å². The van der Waals surface area contributed by atoms with E-state index in [1.807, 2.05) is 0 Å². The number of ether oxygens (including phenoxy) is 5. The molecule has 9 heteroatoms. The van der Waals surface area contributed by atoms with Crippen LogP contribution < -0.4 is 0 Å². The number of esters is 3. The molecule has 5 atom stereocenters. The molecule has 0 unspecified atom stereocenters. The fraction of sp³-hybridized carbons (Fsp3) is 0.667. The van der Waals surface area contributed by atoms with Gasteiger partial charge in [-0.25, -0.2) is 0 Å². The van der Waals surface area contributed by atoms with Crippen LogP contribution in [0.15, 0.2) is 12.7 Å². The predicted octanol–water partition coefficient (Wildman–Crippen LogP) is -0.299. The van der Waals surface area contributed by atoms with Crippen LogP contribution in [0.4, 0.5) is 0 Å². The highest BCUT2D eigenvalue weighted by Crippen LogP contribution is 2.27. The molecule has 0 aromatic carbocycles. The second kappa shape index (κ2) is 9.36. The molecule has 1 saturated heterocycles. The van der Waals surface area contributed by atoms with E-state index in [4.69, 9.17) is 23.7 Å². The fourth-order valence-corrected chi connectivity index (χ4v) is 2.19. The molecule has 136 valence electrons. The monoisotopic (exact) mass is 346 g/mol. The molecule has 0 spiro atoms. The van der Waals surface area contributed by atoms with Crippen molar-refractivity contribution >= 4 is 17.9 Å². The van der Waals surface area contributed by atoms with Crippen molar-refractivity contribution in [2.24, 2.45) is 0 Å². The van der Waals surface area contributed by atoms with E-state index in [2.05, 4.69) is 6.58 Å². The largest absolute Gasteiger partial charge is 0.463 e. The van der Waals surface area contributed by atoms with Gasteiger partial charge in [-0.15, -0.1) is 6.58 Å². The summed E-state index contributed by atoms with van der Waals surface area (Å²) in [5.74, 6) is -1.93. The summed E-state index contributed by atoms with van der Waals surface area (Å²) in [6.45, 7) is 6.78. The fourth-order valence-electron chi connectivity index (χ4n) is 2.19. The van der Waals surface area contributed by atoms with E-state index >= 15 is 0 Å². The molecule has 0 aliphatic carbocycles. The summed E-state index contributed by atoms with van der Waals surface area (Å²) in [6.07, 6.45) is -4.54. The third kappa shape index (κ3) is 5.91. The molecule has 1 N–H and O–H groups in total. The smallest absolute Gasteiger partial charge is 0.303 e. The highest BCUT2D eigenvalue weighted by Gasteiger charge is 2.50. The van der Waals surface area contributed by atoms with Crippen molar-refractivity contribution in [3.63, 3.8) is 0 Å². The van der Waals surface area contributed by atoms with Gasteiger partial charge in [0.25, 0.3) is 0 Å². The van der Waals surface area contributed by atoms with Crippen LogP contribution in [0, 0.1) is 0 Å². The summed E-state index contributed by atoms with van der Waals surface area (Å²) in [5, 5.41) is 10.3. The third-order valence-corrected chi connectivity index (χ3v) is 3.05. The minimum atomic E-state index is -1.41. The van der Waals surface area contributed by atoms with Gasteiger partial charge < -0.3 is 28.8 Å². The Hall–Kier alpha value is -1.97. The molecule has 1 rings (SSSR count). The summed E-state index contributed by atoms with van der Waals surface area (Å²) in [4.78, 5) is 33.7. The van der Waals surface area contributed by atoms with Gasteiger partial charge in [0.1, 0.15) is 18.8 Å². The molecule has 0 aromatic heterocycles. The van der Waals surface area contributed by atoms with Gasteiger partial charge in [0, 0.05) is 20.8 Å². The average molecular weight is 346 g/mol. The summed E-state index contributed by atoms with van der Waals surface area (Å²) >= 11 is 0. The minimum Gasteiger partial charge on any atom is -0.463 e. The van der Waals surface area contributed by atoms with Crippen LogP contribution in [-0.2, 0) is 38.1 Å². The second-order valence-electron chi connectivity index (χ2n) is 5.11. The number of hydrogen-bond donors (Lipinski definition) is 1. The van der Waals surface area contributed by atoms with E-state index in [1.54, 1.807) is 0 Å². The lowest BCUT2D eigenvalue weighted by atomic mass is 9.98. The Kier molecular flexibility index (Phi) is 7.83. The predicted molar refractivity (Wildman–Crippen MR) is 78.6 cm³/mol. The Morgan fingerprint density at radius 2 is 1.67 bits per heavy atom. The second-order valence-corrected chi connectivity index (χ2v) is 5.11. The van der Waals surface area contributed by atoms with Crippen LogP contribution in [0.25, 0.3) is 0 Å². The van der Waals surface area contributed by atoms with Crippen LogP contribution in [-0.4, -0.2) is 66.9 Å². The number of rotatable bonds is 7. The first-order chi connectivity index (χ1) is 11.3. The van der Waals surface area contributed by atoms with Gasteiger partial charge in [0.15, 0.2) is 18.5 Å². The first kappa shape index (κ1) is 20.1. The lowest BCUT2D eigenvalue weighted by Crippen LogP contribution is -2.61.